The molecule has 1 aromatic rings. The third-order valence-corrected chi connectivity index (χ3v) is 3.80. The number of rotatable bonds is 6. The van der Waals surface area contributed by atoms with Crippen molar-refractivity contribution in [3.63, 3.8) is 0 Å². The van der Waals surface area contributed by atoms with E-state index >= 15 is 0 Å². The number of furan rings is 1. The molecule has 5 heteroatoms. The number of likely N-dealkylation sites (tertiary alicyclic amines) is 1. The minimum Gasteiger partial charge on any atom is -0.481 e. The molecular formula is C15H21NO4. The van der Waals surface area contributed by atoms with Gasteiger partial charge in [0.05, 0.1) is 6.26 Å². The summed E-state index contributed by atoms with van der Waals surface area (Å²) in [6.45, 7) is 1.49. The Bertz CT molecular complexity index is 441. The monoisotopic (exact) mass is 279 g/mol. The van der Waals surface area contributed by atoms with Gasteiger partial charge in [-0.2, -0.15) is 0 Å². The number of nitrogens with zero attached hydrogens (tertiary/aromatic N) is 1. The summed E-state index contributed by atoms with van der Waals surface area (Å²) in [5, 5.41) is 8.72. The second kappa shape index (κ2) is 7.12. The van der Waals surface area contributed by atoms with Gasteiger partial charge >= 0.3 is 5.97 Å². The van der Waals surface area contributed by atoms with Crippen LogP contribution >= 0.6 is 0 Å². The second-order valence-corrected chi connectivity index (χ2v) is 5.36. The summed E-state index contributed by atoms with van der Waals surface area (Å²) in [5.74, 6) is 0.540. The van der Waals surface area contributed by atoms with Crippen molar-refractivity contribution in [1.82, 2.24) is 4.90 Å². The van der Waals surface area contributed by atoms with Crippen LogP contribution in [0.1, 0.15) is 37.9 Å². The highest BCUT2D eigenvalue weighted by molar-refractivity contribution is 5.76. The highest BCUT2D eigenvalue weighted by Crippen LogP contribution is 2.21. The molecule has 1 fully saturated rings. The summed E-state index contributed by atoms with van der Waals surface area (Å²) < 4.78 is 5.22. The van der Waals surface area contributed by atoms with Gasteiger partial charge < -0.3 is 14.4 Å². The van der Waals surface area contributed by atoms with E-state index in [4.69, 9.17) is 9.52 Å². The first-order valence-electron chi connectivity index (χ1n) is 7.17. The average Bonchev–Trinajstić information content (AvgIpc) is 2.96. The van der Waals surface area contributed by atoms with E-state index in [0.29, 0.717) is 31.7 Å². The Labute approximate surface area is 118 Å². The standard InChI is InChI=1S/C15H21NO4/c17-14(7-6-13-4-2-10-20-13)16-9-1-3-12(11-16)5-8-15(18)19/h2,4,10,12H,1,3,5-9,11H2,(H,18,19). The van der Waals surface area contributed by atoms with E-state index in [1.807, 2.05) is 17.0 Å². The first kappa shape index (κ1) is 14.6. The average molecular weight is 279 g/mol. The van der Waals surface area contributed by atoms with Crippen LogP contribution in [0.4, 0.5) is 0 Å². The van der Waals surface area contributed by atoms with Crippen molar-refractivity contribution >= 4 is 11.9 Å². The number of hydrogen-bond acceptors (Lipinski definition) is 3. The van der Waals surface area contributed by atoms with Crippen molar-refractivity contribution < 1.29 is 19.1 Å². The van der Waals surface area contributed by atoms with E-state index in [1.54, 1.807) is 6.26 Å². The van der Waals surface area contributed by atoms with Crippen LogP contribution in [0, 0.1) is 5.92 Å². The van der Waals surface area contributed by atoms with Gasteiger partial charge in [0.15, 0.2) is 0 Å². The maximum atomic E-state index is 12.1. The number of amides is 1. The molecule has 2 rings (SSSR count). The van der Waals surface area contributed by atoms with Gasteiger partial charge in [0.25, 0.3) is 0 Å². The summed E-state index contributed by atoms with van der Waals surface area (Å²) in [4.78, 5) is 24.6. The Morgan fingerprint density at radius 2 is 2.25 bits per heavy atom. The molecule has 0 bridgehead atoms. The lowest BCUT2D eigenvalue weighted by atomic mass is 9.93. The van der Waals surface area contributed by atoms with Crippen LogP contribution in [0.3, 0.4) is 0 Å². The number of carbonyl (C=O) groups excluding carboxylic acids is 1. The molecule has 0 radical (unpaired) electrons. The summed E-state index contributed by atoms with van der Waals surface area (Å²) in [6, 6.07) is 3.70. The number of piperidine rings is 1. The van der Waals surface area contributed by atoms with Gasteiger partial charge in [0.1, 0.15) is 5.76 Å². The Hall–Kier alpha value is -1.78. The zero-order valence-corrected chi connectivity index (χ0v) is 11.6. The summed E-state index contributed by atoms with van der Waals surface area (Å²) in [6.07, 6.45) is 5.55. The fraction of sp³-hybridized carbons (Fsp3) is 0.600. The van der Waals surface area contributed by atoms with Gasteiger partial charge in [-0.05, 0) is 37.3 Å². The van der Waals surface area contributed by atoms with Gasteiger partial charge in [-0.25, -0.2) is 0 Å². The molecule has 0 saturated carbocycles. The van der Waals surface area contributed by atoms with Crippen molar-refractivity contribution in [2.75, 3.05) is 13.1 Å². The molecule has 1 N–H and O–H groups in total. The van der Waals surface area contributed by atoms with Crippen molar-refractivity contribution in [3.05, 3.63) is 24.2 Å². The number of aliphatic carboxylic acids is 1. The maximum Gasteiger partial charge on any atom is 0.303 e. The summed E-state index contributed by atoms with van der Waals surface area (Å²) in [5.41, 5.74) is 0. The number of hydrogen-bond donors (Lipinski definition) is 1. The third-order valence-electron chi connectivity index (χ3n) is 3.80. The number of carboxylic acid groups (broad SMARTS) is 1. The molecule has 1 aromatic heterocycles. The van der Waals surface area contributed by atoms with Crippen LogP contribution in [-0.2, 0) is 16.0 Å². The molecule has 1 aliphatic rings. The molecule has 110 valence electrons. The SMILES string of the molecule is O=C(O)CCC1CCCN(C(=O)CCc2ccco2)C1. The lowest BCUT2D eigenvalue weighted by Crippen LogP contribution is -2.40. The van der Waals surface area contributed by atoms with E-state index in [2.05, 4.69) is 0 Å². The quantitative estimate of drug-likeness (QED) is 0.867. The van der Waals surface area contributed by atoms with Crippen LogP contribution in [0.15, 0.2) is 22.8 Å². The first-order valence-corrected chi connectivity index (χ1v) is 7.17. The van der Waals surface area contributed by atoms with Gasteiger partial charge in [0, 0.05) is 32.4 Å². The molecule has 0 aliphatic carbocycles. The molecule has 1 atom stereocenters. The van der Waals surface area contributed by atoms with Crippen LogP contribution < -0.4 is 0 Å². The van der Waals surface area contributed by atoms with Gasteiger partial charge in [-0.15, -0.1) is 0 Å². The molecule has 0 aromatic carbocycles. The third kappa shape index (κ3) is 4.40. The lowest BCUT2D eigenvalue weighted by Gasteiger charge is -2.32. The molecular weight excluding hydrogens is 258 g/mol. The highest BCUT2D eigenvalue weighted by Gasteiger charge is 2.23. The number of carboxylic acids is 1. The Morgan fingerprint density at radius 3 is 2.95 bits per heavy atom. The zero-order valence-electron chi connectivity index (χ0n) is 11.6. The summed E-state index contributed by atoms with van der Waals surface area (Å²) >= 11 is 0. The lowest BCUT2D eigenvalue weighted by molar-refractivity contribution is -0.137. The van der Waals surface area contributed by atoms with E-state index < -0.39 is 5.97 Å². The van der Waals surface area contributed by atoms with Gasteiger partial charge in [0.2, 0.25) is 5.91 Å². The Kier molecular flexibility index (Phi) is 5.21. The largest absolute Gasteiger partial charge is 0.481 e. The smallest absolute Gasteiger partial charge is 0.303 e. The molecule has 1 unspecified atom stereocenters. The molecule has 0 spiro atoms. The van der Waals surface area contributed by atoms with Crippen LogP contribution in [0.5, 0.6) is 0 Å². The number of carbonyl (C=O) groups is 2. The minimum absolute atomic E-state index is 0.140. The molecule has 1 amide bonds. The maximum absolute atomic E-state index is 12.1. The first-order chi connectivity index (χ1) is 9.65. The molecule has 1 aliphatic heterocycles. The topological polar surface area (TPSA) is 70.8 Å². The predicted octanol–water partition coefficient (Wildman–Crippen LogP) is 2.32. The fourth-order valence-corrected chi connectivity index (χ4v) is 2.70. The molecule has 20 heavy (non-hydrogen) atoms. The van der Waals surface area contributed by atoms with Crippen molar-refractivity contribution in [1.29, 1.82) is 0 Å². The number of aryl methyl sites for hydroxylation is 1. The second-order valence-electron chi connectivity index (χ2n) is 5.36. The van der Waals surface area contributed by atoms with Crippen molar-refractivity contribution in [3.8, 4) is 0 Å². The minimum atomic E-state index is -0.758. The summed E-state index contributed by atoms with van der Waals surface area (Å²) in [7, 11) is 0. The Morgan fingerprint density at radius 1 is 1.40 bits per heavy atom. The van der Waals surface area contributed by atoms with Crippen LogP contribution in [0.25, 0.3) is 0 Å². The van der Waals surface area contributed by atoms with E-state index in [-0.39, 0.29) is 12.3 Å². The highest BCUT2D eigenvalue weighted by atomic mass is 16.4. The normalized spacial score (nSPS) is 19.0. The van der Waals surface area contributed by atoms with E-state index in [1.165, 1.54) is 0 Å². The van der Waals surface area contributed by atoms with Crippen molar-refractivity contribution in [2.24, 2.45) is 5.92 Å². The van der Waals surface area contributed by atoms with Crippen LogP contribution in [0.2, 0.25) is 0 Å². The van der Waals surface area contributed by atoms with Crippen LogP contribution in [-0.4, -0.2) is 35.0 Å². The van der Waals surface area contributed by atoms with E-state index in [0.717, 1.165) is 25.1 Å². The zero-order chi connectivity index (χ0) is 14.4. The molecule has 1 saturated heterocycles. The van der Waals surface area contributed by atoms with Crippen molar-refractivity contribution in [2.45, 2.75) is 38.5 Å². The van der Waals surface area contributed by atoms with Gasteiger partial charge in [-0.1, -0.05) is 0 Å². The molecule has 2 heterocycles. The van der Waals surface area contributed by atoms with Gasteiger partial charge in [-0.3, -0.25) is 9.59 Å². The Balaban J connectivity index is 1.76. The fourth-order valence-electron chi connectivity index (χ4n) is 2.70. The molecule has 5 nitrogen and oxygen atoms in total. The van der Waals surface area contributed by atoms with E-state index in [9.17, 15) is 9.59 Å². The predicted molar refractivity (Wildman–Crippen MR) is 73.2 cm³/mol.